The van der Waals surface area contributed by atoms with Crippen LogP contribution in [-0.4, -0.2) is 54.1 Å². The summed E-state index contributed by atoms with van der Waals surface area (Å²) in [4.78, 5) is 9.32. The molecule has 1 aromatic rings. The summed E-state index contributed by atoms with van der Waals surface area (Å²) in [6.45, 7) is 9.97. The molecule has 0 amide bonds. The van der Waals surface area contributed by atoms with E-state index in [2.05, 4.69) is 53.1 Å². The summed E-state index contributed by atoms with van der Waals surface area (Å²) in [6, 6.07) is 4.93. The predicted octanol–water partition coefficient (Wildman–Crippen LogP) is 2.04. The lowest BCUT2D eigenvalue weighted by molar-refractivity contribution is 0.0938. The second kappa shape index (κ2) is 6.87. The van der Waals surface area contributed by atoms with Crippen LogP contribution in [0.3, 0.4) is 0 Å². The minimum Gasteiger partial charge on any atom is -0.370 e. The van der Waals surface area contributed by atoms with Gasteiger partial charge in [-0.25, -0.2) is 4.98 Å². The average molecular weight is 262 g/mol. The van der Waals surface area contributed by atoms with Gasteiger partial charge >= 0.3 is 0 Å². The van der Waals surface area contributed by atoms with Gasteiger partial charge in [-0.1, -0.05) is 6.92 Å². The van der Waals surface area contributed by atoms with Crippen LogP contribution in [0.5, 0.6) is 0 Å². The monoisotopic (exact) mass is 262 g/mol. The number of pyridine rings is 1. The Morgan fingerprint density at radius 1 is 1.42 bits per heavy atom. The molecule has 1 aliphatic heterocycles. The molecule has 0 bridgehead atoms. The quantitative estimate of drug-likeness (QED) is 0.880. The third kappa shape index (κ3) is 4.18. The Kier molecular flexibility index (Phi) is 5.16. The van der Waals surface area contributed by atoms with Crippen molar-refractivity contribution in [2.24, 2.45) is 0 Å². The van der Waals surface area contributed by atoms with Gasteiger partial charge in [0, 0.05) is 45.0 Å². The Morgan fingerprint density at radius 2 is 2.26 bits per heavy atom. The van der Waals surface area contributed by atoms with Crippen molar-refractivity contribution in [3.05, 3.63) is 23.9 Å². The van der Waals surface area contributed by atoms with E-state index < -0.39 is 0 Å². The number of anilines is 1. The standard InChI is InChI=1S/C15H26N4/c1-4-6-16-15-10-14(5-7-17-15)12-19-9-8-18(3)11-13(19)2/h5,7,10,13H,4,6,8-9,11-12H2,1-3H3,(H,16,17). The first-order chi connectivity index (χ1) is 9.19. The van der Waals surface area contributed by atoms with E-state index in [0.717, 1.165) is 45.0 Å². The van der Waals surface area contributed by atoms with E-state index in [4.69, 9.17) is 0 Å². The first-order valence-electron chi connectivity index (χ1n) is 7.30. The van der Waals surface area contributed by atoms with Crippen LogP contribution in [0.4, 0.5) is 5.82 Å². The largest absolute Gasteiger partial charge is 0.370 e. The number of likely N-dealkylation sites (N-methyl/N-ethyl adjacent to an activating group) is 1. The van der Waals surface area contributed by atoms with E-state index in [1.54, 1.807) is 0 Å². The van der Waals surface area contributed by atoms with Crippen molar-refractivity contribution in [3.8, 4) is 0 Å². The van der Waals surface area contributed by atoms with Crippen LogP contribution >= 0.6 is 0 Å². The van der Waals surface area contributed by atoms with Gasteiger partial charge in [-0.3, -0.25) is 4.90 Å². The normalized spacial score (nSPS) is 21.5. The van der Waals surface area contributed by atoms with E-state index in [0.29, 0.717) is 6.04 Å². The SMILES string of the molecule is CCCNc1cc(CN2CCN(C)CC2C)ccn1. The summed E-state index contributed by atoms with van der Waals surface area (Å²) < 4.78 is 0. The Bertz CT molecular complexity index is 393. The van der Waals surface area contributed by atoms with Crippen molar-refractivity contribution < 1.29 is 0 Å². The van der Waals surface area contributed by atoms with Gasteiger partial charge in [0.05, 0.1) is 0 Å². The number of hydrogen-bond donors (Lipinski definition) is 1. The Hall–Kier alpha value is -1.13. The second-order valence-corrected chi connectivity index (χ2v) is 5.56. The fraction of sp³-hybridized carbons (Fsp3) is 0.667. The topological polar surface area (TPSA) is 31.4 Å². The summed E-state index contributed by atoms with van der Waals surface area (Å²) in [5.74, 6) is 1.00. The van der Waals surface area contributed by atoms with Crippen LogP contribution in [-0.2, 0) is 6.54 Å². The van der Waals surface area contributed by atoms with E-state index in [-0.39, 0.29) is 0 Å². The first kappa shape index (κ1) is 14.3. The third-order valence-corrected chi connectivity index (χ3v) is 3.73. The second-order valence-electron chi connectivity index (χ2n) is 5.56. The van der Waals surface area contributed by atoms with E-state index in [1.807, 2.05) is 6.20 Å². The van der Waals surface area contributed by atoms with Crippen molar-refractivity contribution in [1.82, 2.24) is 14.8 Å². The molecule has 106 valence electrons. The molecule has 0 aliphatic carbocycles. The van der Waals surface area contributed by atoms with Crippen LogP contribution in [0.15, 0.2) is 18.3 Å². The molecule has 1 aromatic heterocycles. The van der Waals surface area contributed by atoms with Crippen molar-refractivity contribution in [2.45, 2.75) is 32.9 Å². The van der Waals surface area contributed by atoms with Crippen LogP contribution in [0.2, 0.25) is 0 Å². The maximum absolute atomic E-state index is 4.36. The van der Waals surface area contributed by atoms with Gasteiger partial charge in [-0.05, 0) is 38.1 Å². The minimum atomic E-state index is 0.624. The first-order valence-corrected chi connectivity index (χ1v) is 7.30. The molecule has 2 heterocycles. The average Bonchev–Trinajstić information content (AvgIpc) is 2.40. The fourth-order valence-electron chi connectivity index (χ4n) is 2.57. The molecule has 1 aliphatic rings. The number of nitrogens with zero attached hydrogens (tertiary/aromatic N) is 3. The van der Waals surface area contributed by atoms with Gasteiger partial charge in [-0.15, -0.1) is 0 Å². The highest BCUT2D eigenvalue weighted by Crippen LogP contribution is 2.14. The van der Waals surface area contributed by atoms with E-state index in [9.17, 15) is 0 Å². The summed E-state index contributed by atoms with van der Waals surface area (Å²) in [7, 11) is 2.20. The molecule has 0 saturated carbocycles. The van der Waals surface area contributed by atoms with Crippen molar-refractivity contribution >= 4 is 5.82 Å². The maximum Gasteiger partial charge on any atom is 0.126 e. The Labute approximate surface area is 116 Å². The molecule has 1 atom stereocenters. The Morgan fingerprint density at radius 3 is 3.00 bits per heavy atom. The van der Waals surface area contributed by atoms with Gasteiger partial charge in [-0.2, -0.15) is 0 Å². The highest BCUT2D eigenvalue weighted by atomic mass is 15.3. The molecule has 0 radical (unpaired) electrons. The number of aromatic nitrogens is 1. The molecular weight excluding hydrogens is 236 g/mol. The molecule has 1 saturated heterocycles. The number of piperazine rings is 1. The van der Waals surface area contributed by atoms with Crippen molar-refractivity contribution in [2.75, 3.05) is 38.5 Å². The predicted molar refractivity (Wildman–Crippen MR) is 80.4 cm³/mol. The maximum atomic E-state index is 4.36. The lowest BCUT2D eigenvalue weighted by atomic mass is 10.1. The van der Waals surface area contributed by atoms with Crippen LogP contribution in [0, 0.1) is 0 Å². The fourth-order valence-corrected chi connectivity index (χ4v) is 2.57. The van der Waals surface area contributed by atoms with E-state index >= 15 is 0 Å². The van der Waals surface area contributed by atoms with Gasteiger partial charge in [0.2, 0.25) is 0 Å². The molecule has 1 unspecified atom stereocenters. The zero-order valence-electron chi connectivity index (χ0n) is 12.4. The van der Waals surface area contributed by atoms with Crippen LogP contribution in [0.25, 0.3) is 0 Å². The van der Waals surface area contributed by atoms with Crippen molar-refractivity contribution in [3.63, 3.8) is 0 Å². The Balaban J connectivity index is 1.94. The molecular formula is C15H26N4. The van der Waals surface area contributed by atoms with Crippen molar-refractivity contribution in [1.29, 1.82) is 0 Å². The molecule has 1 fully saturated rings. The minimum absolute atomic E-state index is 0.624. The van der Waals surface area contributed by atoms with Crippen LogP contribution < -0.4 is 5.32 Å². The molecule has 0 spiro atoms. The summed E-state index contributed by atoms with van der Waals surface area (Å²) in [5, 5.41) is 3.35. The molecule has 4 heteroatoms. The van der Waals surface area contributed by atoms with Crippen LogP contribution in [0.1, 0.15) is 25.8 Å². The summed E-state index contributed by atoms with van der Waals surface area (Å²) in [6.07, 6.45) is 3.04. The highest BCUT2D eigenvalue weighted by molar-refractivity contribution is 5.37. The molecule has 2 rings (SSSR count). The number of hydrogen-bond acceptors (Lipinski definition) is 4. The number of rotatable bonds is 5. The van der Waals surface area contributed by atoms with Gasteiger partial charge in [0.1, 0.15) is 5.82 Å². The lowest BCUT2D eigenvalue weighted by Crippen LogP contribution is -2.49. The molecule has 0 aromatic carbocycles. The van der Waals surface area contributed by atoms with Gasteiger partial charge < -0.3 is 10.2 Å². The zero-order chi connectivity index (χ0) is 13.7. The molecule has 4 nitrogen and oxygen atoms in total. The lowest BCUT2D eigenvalue weighted by Gasteiger charge is -2.38. The smallest absolute Gasteiger partial charge is 0.126 e. The summed E-state index contributed by atoms with van der Waals surface area (Å²) >= 11 is 0. The van der Waals surface area contributed by atoms with Gasteiger partial charge in [0.25, 0.3) is 0 Å². The molecule has 1 N–H and O–H groups in total. The highest BCUT2D eigenvalue weighted by Gasteiger charge is 2.21. The third-order valence-electron chi connectivity index (χ3n) is 3.73. The zero-order valence-corrected chi connectivity index (χ0v) is 12.4. The van der Waals surface area contributed by atoms with E-state index in [1.165, 1.54) is 5.56 Å². The summed E-state index contributed by atoms with van der Waals surface area (Å²) in [5.41, 5.74) is 1.35. The molecule has 19 heavy (non-hydrogen) atoms. The number of nitrogens with one attached hydrogen (secondary N) is 1. The van der Waals surface area contributed by atoms with Gasteiger partial charge in [0.15, 0.2) is 0 Å².